The fourth-order valence-corrected chi connectivity index (χ4v) is 1.70. The van der Waals surface area contributed by atoms with Crippen molar-refractivity contribution >= 4 is 11.8 Å². The van der Waals surface area contributed by atoms with Crippen LogP contribution in [0, 0.1) is 5.41 Å². The number of aliphatic hydroxyl groups excluding tert-OH is 1. The van der Waals surface area contributed by atoms with Crippen LogP contribution in [-0.4, -0.2) is 30.1 Å². The van der Waals surface area contributed by atoms with Gasteiger partial charge in [-0.1, -0.05) is 12.7 Å². The van der Waals surface area contributed by atoms with E-state index in [0.717, 1.165) is 6.08 Å². The molecule has 0 aliphatic rings. The molecule has 0 bridgehead atoms. The summed E-state index contributed by atoms with van der Waals surface area (Å²) in [6.07, 6.45) is 3.41. The van der Waals surface area contributed by atoms with E-state index in [0.29, 0.717) is 6.42 Å². The minimum absolute atomic E-state index is 0.0806. The first-order valence-corrected chi connectivity index (χ1v) is 5.64. The maximum absolute atomic E-state index is 11.9. The third kappa shape index (κ3) is 3.82. The van der Waals surface area contributed by atoms with Crippen LogP contribution in [-0.2, 0) is 14.3 Å². The summed E-state index contributed by atoms with van der Waals surface area (Å²) in [5.41, 5.74) is -1.28. The molecule has 4 nitrogen and oxygen atoms in total. The minimum atomic E-state index is -1.28. The van der Waals surface area contributed by atoms with Gasteiger partial charge in [-0.05, 0) is 32.3 Å². The zero-order valence-corrected chi connectivity index (χ0v) is 10.3. The molecular formula is C13H20O4. The van der Waals surface area contributed by atoms with Gasteiger partial charge < -0.3 is 9.84 Å². The first-order valence-electron chi connectivity index (χ1n) is 5.64. The predicted octanol–water partition coefficient (Wildman–Crippen LogP) is 1.64. The van der Waals surface area contributed by atoms with Crippen LogP contribution in [0.15, 0.2) is 25.3 Å². The monoisotopic (exact) mass is 240 g/mol. The largest absolute Gasteiger partial charge is 0.465 e. The number of ketones is 1. The Morgan fingerprint density at radius 1 is 1.41 bits per heavy atom. The van der Waals surface area contributed by atoms with Crippen molar-refractivity contribution in [2.75, 3.05) is 13.2 Å². The molecule has 0 rings (SSSR count). The highest BCUT2D eigenvalue weighted by Gasteiger charge is 2.43. The summed E-state index contributed by atoms with van der Waals surface area (Å²) >= 11 is 0. The highest BCUT2D eigenvalue weighted by molar-refractivity contribution is 6.09. The molecule has 4 heteroatoms. The first-order chi connectivity index (χ1) is 8.08. The van der Waals surface area contributed by atoms with Crippen molar-refractivity contribution < 1.29 is 19.4 Å². The highest BCUT2D eigenvalue weighted by Crippen LogP contribution is 2.32. The van der Waals surface area contributed by atoms with Gasteiger partial charge in [0.1, 0.15) is 5.41 Å². The lowest BCUT2D eigenvalue weighted by atomic mass is 9.76. The number of esters is 1. The van der Waals surface area contributed by atoms with E-state index in [9.17, 15) is 9.59 Å². The molecule has 0 radical (unpaired) electrons. The average molecular weight is 240 g/mol. The van der Waals surface area contributed by atoms with Crippen LogP contribution in [0.5, 0.6) is 0 Å². The van der Waals surface area contributed by atoms with E-state index in [1.807, 2.05) is 0 Å². The number of carbonyl (C=O) groups excluding carboxylic acids is 2. The molecule has 0 aromatic rings. The van der Waals surface area contributed by atoms with Crippen molar-refractivity contribution in [3.8, 4) is 0 Å². The summed E-state index contributed by atoms with van der Waals surface area (Å²) in [6, 6.07) is 0. The van der Waals surface area contributed by atoms with Gasteiger partial charge in [0, 0.05) is 6.61 Å². The normalized spacial score (nSPS) is 13.5. The molecule has 0 amide bonds. The second-order valence-electron chi connectivity index (χ2n) is 3.69. The van der Waals surface area contributed by atoms with Gasteiger partial charge in [-0.15, -0.1) is 6.58 Å². The lowest BCUT2D eigenvalue weighted by molar-refractivity contribution is -0.159. The molecule has 0 unspecified atom stereocenters. The predicted molar refractivity (Wildman–Crippen MR) is 65.4 cm³/mol. The second-order valence-corrected chi connectivity index (χ2v) is 3.69. The van der Waals surface area contributed by atoms with Gasteiger partial charge in [0.25, 0.3) is 0 Å². The fourth-order valence-electron chi connectivity index (χ4n) is 1.70. The summed E-state index contributed by atoms with van der Waals surface area (Å²) in [4.78, 5) is 23.8. The summed E-state index contributed by atoms with van der Waals surface area (Å²) in [5.74, 6) is -0.956. The van der Waals surface area contributed by atoms with Gasteiger partial charge in [0.15, 0.2) is 5.78 Å². The van der Waals surface area contributed by atoms with Crippen molar-refractivity contribution in [3.05, 3.63) is 25.3 Å². The van der Waals surface area contributed by atoms with Gasteiger partial charge in [0.2, 0.25) is 0 Å². The second kappa shape index (κ2) is 7.79. The van der Waals surface area contributed by atoms with Gasteiger partial charge in [-0.3, -0.25) is 9.59 Å². The van der Waals surface area contributed by atoms with E-state index >= 15 is 0 Å². The van der Waals surface area contributed by atoms with Gasteiger partial charge in [-0.2, -0.15) is 0 Å². The zero-order valence-electron chi connectivity index (χ0n) is 10.3. The zero-order chi connectivity index (χ0) is 13.3. The topological polar surface area (TPSA) is 63.6 Å². The van der Waals surface area contributed by atoms with E-state index in [-0.39, 0.29) is 31.8 Å². The summed E-state index contributed by atoms with van der Waals surface area (Å²) in [5, 5.41) is 8.85. The van der Waals surface area contributed by atoms with Crippen molar-refractivity contribution in [2.24, 2.45) is 5.41 Å². The number of allylic oxidation sites excluding steroid dienone is 2. The van der Waals surface area contributed by atoms with Crippen LogP contribution in [0.4, 0.5) is 0 Å². The molecule has 0 aromatic heterocycles. The number of ether oxygens (including phenoxy) is 1. The van der Waals surface area contributed by atoms with Crippen molar-refractivity contribution in [1.29, 1.82) is 0 Å². The quantitative estimate of drug-likeness (QED) is 0.288. The Kier molecular flexibility index (Phi) is 7.14. The Bertz CT molecular complexity index is 296. The maximum atomic E-state index is 11.9. The molecular weight excluding hydrogens is 220 g/mol. The Balaban J connectivity index is 5.20. The maximum Gasteiger partial charge on any atom is 0.320 e. The van der Waals surface area contributed by atoms with Crippen LogP contribution in [0.3, 0.4) is 0 Å². The first kappa shape index (κ1) is 15.6. The van der Waals surface area contributed by atoms with Crippen molar-refractivity contribution in [3.63, 3.8) is 0 Å². The Morgan fingerprint density at radius 2 is 2.06 bits per heavy atom. The van der Waals surface area contributed by atoms with E-state index < -0.39 is 11.4 Å². The third-order valence-corrected chi connectivity index (χ3v) is 2.58. The molecule has 0 heterocycles. The van der Waals surface area contributed by atoms with Crippen LogP contribution < -0.4 is 0 Å². The van der Waals surface area contributed by atoms with Gasteiger partial charge in [0.05, 0.1) is 6.61 Å². The average Bonchev–Trinajstić information content (AvgIpc) is 2.33. The van der Waals surface area contributed by atoms with E-state index in [1.54, 1.807) is 6.92 Å². The van der Waals surface area contributed by atoms with Gasteiger partial charge >= 0.3 is 5.97 Å². The molecule has 0 spiro atoms. The van der Waals surface area contributed by atoms with Gasteiger partial charge in [-0.25, -0.2) is 0 Å². The molecule has 0 fully saturated rings. The molecule has 0 saturated heterocycles. The molecule has 96 valence electrons. The number of hydrogen-bond acceptors (Lipinski definition) is 4. The minimum Gasteiger partial charge on any atom is -0.465 e. The molecule has 0 saturated carbocycles. The lowest BCUT2D eigenvalue weighted by Crippen LogP contribution is -2.40. The number of carbonyl (C=O) groups is 2. The summed E-state index contributed by atoms with van der Waals surface area (Å²) in [6.45, 7) is 8.77. The Morgan fingerprint density at radius 3 is 2.47 bits per heavy atom. The third-order valence-electron chi connectivity index (χ3n) is 2.58. The molecule has 0 aliphatic carbocycles. The Labute approximate surface area is 102 Å². The molecule has 17 heavy (non-hydrogen) atoms. The lowest BCUT2D eigenvalue weighted by Gasteiger charge is -2.27. The standard InChI is InChI=1S/C13H20O4/c1-4-8-13(9-7-10-14,11(15)5-2)12(16)17-6-3/h4-5,14H,1-2,6-10H2,3H3/t13-/m0/s1. The van der Waals surface area contributed by atoms with Crippen LogP contribution >= 0.6 is 0 Å². The number of aliphatic hydroxyl groups is 1. The SMILES string of the molecule is C=CC[C@](CCCO)(C(=O)C=C)C(=O)OCC. The van der Waals surface area contributed by atoms with E-state index in [1.165, 1.54) is 6.08 Å². The molecule has 1 atom stereocenters. The summed E-state index contributed by atoms with van der Waals surface area (Å²) in [7, 11) is 0. The summed E-state index contributed by atoms with van der Waals surface area (Å²) < 4.78 is 4.94. The Hall–Kier alpha value is -1.42. The van der Waals surface area contributed by atoms with Crippen LogP contribution in [0.1, 0.15) is 26.2 Å². The molecule has 1 N–H and O–H groups in total. The highest BCUT2D eigenvalue weighted by atomic mass is 16.5. The smallest absolute Gasteiger partial charge is 0.320 e. The molecule has 0 aromatic carbocycles. The van der Waals surface area contributed by atoms with Crippen LogP contribution in [0.25, 0.3) is 0 Å². The van der Waals surface area contributed by atoms with E-state index in [2.05, 4.69) is 13.2 Å². The molecule has 0 aliphatic heterocycles. The fraction of sp³-hybridized carbons (Fsp3) is 0.538. The van der Waals surface area contributed by atoms with E-state index in [4.69, 9.17) is 9.84 Å². The number of hydrogen-bond donors (Lipinski definition) is 1. The van der Waals surface area contributed by atoms with Crippen LogP contribution in [0.2, 0.25) is 0 Å². The van der Waals surface area contributed by atoms with Crippen molar-refractivity contribution in [2.45, 2.75) is 26.2 Å². The van der Waals surface area contributed by atoms with Crippen molar-refractivity contribution in [1.82, 2.24) is 0 Å². The number of rotatable bonds is 9.